The lowest BCUT2D eigenvalue weighted by Crippen LogP contribution is -2.09. The summed E-state index contributed by atoms with van der Waals surface area (Å²) in [7, 11) is 0. The topological polar surface area (TPSA) is 30.2 Å². The number of hydrogen-bond acceptors (Lipinski definition) is 2. The van der Waals surface area contributed by atoms with E-state index in [2.05, 4.69) is 18.2 Å². The molecule has 3 nitrogen and oxygen atoms in total. The lowest BCUT2D eigenvalue weighted by molar-refractivity contribution is 0.428. The number of hydrogen-bond donors (Lipinski definition) is 0. The number of rotatable bonds is 1. The Morgan fingerprint density at radius 2 is 1.77 bits per heavy atom. The minimum Gasteiger partial charge on any atom is -0.292 e. The zero-order chi connectivity index (χ0) is 15.3. The Morgan fingerprint density at radius 3 is 2.55 bits per heavy atom. The number of fused-ring (bicyclic) bond motifs is 3. The fourth-order valence-corrected chi connectivity index (χ4v) is 4.02. The van der Waals surface area contributed by atoms with E-state index in [1.54, 1.807) is 0 Å². The van der Waals surface area contributed by atoms with Gasteiger partial charge in [0.25, 0.3) is 0 Å². The van der Waals surface area contributed by atoms with Crippen molar-refractivity contribution < 1.29 is 0 Å². The first-order chi connectivity index (χ1) is 10.6. The standard InChI is InChI=1S/C18H20ClN3/c1-11-17-12(2)21-18(13-6-4-3-5-7-13)22(17)16-10-14(19)8-9-15(16)20-11/h8-10,13H,3-7H2,1-2H3. The molecule has 0 aliphatic heterocycles. The van der Waals surface area contributed by atoms with E-state index in [0.29, 0.717) is 5.92 Å². The van der Waals surface area contributed by atoms with Gasteiger partial charge < -0.3 is 0 Å². The van der Waals surface area contributed by atoms with Crippen molar-refractivity contribution in [1.29, 1.82) is 0 Å². The van der Waals surface area contributed by atoms with Crippen molar-refractivity contribution in [2.75, 3.05) is 0 Å². The van der Waals surface area contributed by atoms with Gasteiger partial charge in [0.15, 0.2) is 0 Å². The van der Waals surface area contributed by atoms with Gasteiger partial charge in [-0.15, -0.1) is 0 Å². The molecule has 0 spiro atoms. The van der Waals surface area contributed by atoms with Gasteiger partial charge in [-0.3, -0.25) is 4.40 Å². The second-order valence-electron chi connectivity index (χ2n) is 6.40. The summed E-state index contributed by atoms with van der Waals surface area (Å²) in [6.07, 6.45) is 6.44. The predicted molar refractivity (Wildman–Crippen MR) is 90.8 cm³/mol. The van der Waals surface area contributed by atoms with Crippen LogP contribution < -0.4 is 0 Å². The monoisotopic (exact) mass is 313 g/mol. The average molecular weight is 314 g/mol. The summed E-state index contributed by atoms with van der Waals surface area (Å²) in [6, 6.07) is 5.93. The molecule has 114 valence electrons. The number of benzene rings is 1. The van der Waals surface area contributed by atoms with Crippen molar-refractivity contribution in [3.05, 3.63) is 40.4 Å². The third-order valence-electron chi connectivity index (χ3n) is 4.86. The first kappa shape index (κ1) is 14.0. The highest BCUT2D eigenvalue weighted by molar-refractivity contribution is 6.31. The molecule has 2 aromatic heterocycles. The van der Waals surface area contributed by atoms with Crippen LogP contribution >= 0.6 is 11.6 Å². The fraction of sp³-hybridized carbons (Fsp3) is 0.444. The van der Waals surface area contributed by atoms with Crippen molar-refractivity contribution in [2.45, 2.75) is 51.9 Å². The Bertz CT molecular complexity index is 860. The largest absolute Gasteiger partial charge is 0.292 e. The highest BCUT2D eigenvalue weighted by Gasteiger charge is 2.23. The molecule has 4 heteroatoms. The zero-order valence-corrected chi connectivity index (χ0v) is 13.8. The molecule has 3 aromatic rings. The molecule has 4 rings (SSSR count). The molecule has 1 saturated carbocycles. The van der Waals surface area contributed by atoms with Crippen LogP contribution in [0.3, 0.4) is 0 Å². The summed E-state index contributed by atoms with van der Waals surface area (Å²) in [4.78, 5) is 9.68. The number of aryl methyl sites for hydroxylation is 2. The van der Waals surface area contributed by atoms with Crippen LogP contribution in [0.5, 0.6) is 0 Å². The third kappa shape index (κ3) is 2.11. The Labute approximate surface area is 135 Å². The Balaban J connectivity index is 2.08. The molecule has 2 heterocycles. The van der Waals surface area contributed by atoms with Crippen LogP contribution in [0.1, 0.15) is 55.2 Å². The summed E-state index contributed by atoms with van der Waals surface area (Å²) >= 11 is 6.24. The van der Waals surface area contributed by atoms with E-state index < -0.39 is 0 Å². The Kier molecular flexibility index (Phi) is 3.33. The van der Waals surface area contributed by atoms with Crippen LogP contribution in [0.4, 0.5) is 0 Å². The molecule has 22 heavy (non-hydrogen) atoms. The predicted octanol–water partition coefficient (Wildman–Crippen LogP) is 5.20. The molecule has 0 unspecified atom stereocenters. The highest BCUT2D eigenvalue weighted by atomic mass is 35.5. The molecule has 1 aliphatic rings. The van der Waals surface area contributed by atoms with Crippen LogP contribution in [-0.2, 0) is 0 Å². The maximum Gasteiger partial charge on any atom is 0.117 e. The van der Waals surface area contributed by atoms with E-state index >= 15 is 0 Å². The van der Waals surface area contributed by atoms with Gasteiger partial charge in [-0.2, -0.15) is 0 Å². The molecular formula is C18H20ClN3. The molecule has 1 aromatic carbocycles. The van der Waals surface area contributed by atoms with Crippen LogP contribution in [0.25, 0.3) is 16.6 Å². The Morgan fingerprint density at radius 1 is 1.05 bits per heavy atom. The second-order valence-corrected chi connectivity index (χ2v) is 6.84. The molecular weight excluding hydrogens is 294 g/mol. The lowest BCUT2D eigenvalue weighted by Gasteiger charge is -2.21. The number of aromatic nitrogens is 3. The van der Waals surface area contributed by atoms with E-state index in [1.807, 2.05) is 18.2 Å². The van der Waals surface area contributed by atoms with E-state index in [1.165, 1.54) is 37.9 Å². The molecule has 0 saturated heterocycles. The van der Waals surface area contributed by atoms with E-state index in [4.69, 9.17) is 21.6 Å². The van der Waals surface area contributed by atoms with Crippen LogP contribution in [-0.4, -0.2) is 14.4 Å². The maximum atomic E-state index is 6.24. The summed E-state index contributed by atoms with van der Waals surface area (Å²) in [5, 5.41) is 0.750. The van der Waals surface area contributed by atoms with Crippen molar-refractivity contribution in [1.82, 2.24) is 14.4 Å². The van der Waals surface area contributed by atoms with Gasteiger partial charge in [-0.05, 0) is 44.9 Å². The fourth-order valence-electron chi connectivity index (χ4n) is 3.86. The van der Waals surface area contributed by atoms with Crippen molar-refractivity contribution in [2.24, 2.45) is 0 Å². The molecule has 0 atom stereocenters. The first-order valence-electron chi connectivity index (χ1n) is 8.10. The maximum absolute atomic E-state index is 6.24. The van der Waals surface area contributed by atoms with Gasteiger partial charge in [0.05, 0.1) is 27.9 Å². The minimum atomic E-state index is 0.555. The molecule has 0 radical (unpaired) electrons. The van der Waals surface area contributed by atoms with E-state index in [9.17, 15) is 0 Å². The lowest BCUT2D eigenvalue weighted by atomic mass is 9.88. The highest BCUT2D eigenvalue weighted by Crippen LogP contribution is 2.35. The number of nitrogens with zero attached hydrogens (tertiary/aromatic N) is 3. The van der Waals surface area contributed by atoms with Gasteiger partial charge in [-0.1, -0.05) is 30.9 Å². The van der Waals surface area contributed by atoms with Gasteiger partial charge in [-0.25, -0.2) is 9.97 Å². The Hall–Kier alpha value is -1.61. The van der Waals surface area contributed by atoms with Gasteiger partial charge in [0.1, 0.15) is 5.82 Å². The first-order valence-corrected chi connectivity index (χ1v) is 8.48. The normalized spacial score (nSPS) is 16.7. The quantitative estimate of drug-likeness (QED) is 0.618. The van der Waals surface area contributed by atoms with Gasteiger partial charge >= 0.3 is 0 Å². The average Bonchev–Trinajstić information content (AvgIpc) is 2.88. The van der Waals surface area contributed by atoms with Crippen LogP contribution in [0.2, 0.25) is 5.02 Å². The number of imidazole rings is 1. The molecule has 1 fully saturated rings. The minimum absolute atomic E-state index is 0.555. The molecule has 0 amide bonds. The molecule has 0 bridgehead atoms. The summed E-state index contributed by atoms with van der Waals surface area (Å²) in [5.74, 6) is 1.75. The summed E-state index contributed by atoms with van der Waals surface area (Å²) in [6.45, 7) is 4.16. The molecule has 0 N–H and O–H groups in total. The SMILES string of the molecule is Cc1nc(C2CCCCC2)n2c1c(C)nc1ccc(Cl)cc12. The van der Waals surface area contributed by atoms with E-state index in [0.717, 1.165) is 33.0 Å². The zero-order valence-electron chi connectivity index (χ0n) is 13.1. The third-order valence-corrected chi connectivity index (χ3v) is 5.09. The summed E-state index contributed by atoms with van der Waals surface area (Å²) in [5.41, 5.74) is 5.34. The molecule has 1 aliphatic carbocycles. The van der Waals surface area contributed by atoms with Gasteiger partial charge in [0, 0.05) is 10.9 Å². The van der Waals surface area contributed by atoms with Crippen LogP contribution in [0.15, 0.2) is 18.2 Å². The van der Waals surface area contributed by atoms with Crippen molar-refractivity contribution in [3.63, 3.8) is 0 Å². The number of halogens is 1. The second kappa shape index (κ2) is 5.24. The van der Waals surface area contributed by atoms with Gasteiger partial charge in [0.2, 0.25) is 0 Å². The van der Waals surface area contributed by atoms with Crippen molar-refractivity contribution >= 4 is 28.2 Å². The summed E-state index contributed by atoms with van der Waals surface area (Å²) < 4.78 is 2.31. The smallest absolute Gasteiger partial charge is 0.117 e. The van der Waals surface area contributed by atoms with Crippen molar-refractivity contribution in [3.8, 4) is 0 Å². The van der Waals surface area contributed by atoms with E-state index in [-0.39, 0.29) is 0 Å². The van der Waals surface area contributed by atoms with Crippen LogP contribution in [0, 0.1) is 13.8 Å².